The molecule has 9 nitrogen and oxygen atoms in total. The van der Waals surface area contributed by atoms with Crippen molar-refractivity contribution in [2.45, 2.75) is 71.8 Å². The Labute approximate surface area is 173 Å². The summed E-state index contributed by atoms with van der Waals surface area (Å²) in [6, 6.07) is 1.16. The average Bonchev–Trinajstić information content (AvgIpc) is 2.68. The van der Waals surface area contributed by atoms with Crippen LogP contribution < -0.4 is 27.0 Å². The monoisotopic (exact) mass is 408 g/mol. The number of hydrogen-bond donors (Lipinski definition) is 4. The topological polar surface area (TPSA) is 117 Å². The third-order valence-corrected chi connectivity index (χ3v) is 4.38. The third kappa shape index (κ3) is 11.8. The molecule has 0 bridgehead atoms. The zero-order valence-electron chi connectivity index (χ0n) is 17.8. The highest BCUT2D eigenvalue weighted by atomic mass is 16.2. The maximum Gasteiger partial charge on any atom is 0.349 e. The predicted octanol–water partition coefficient (Wildman–Crippen LogP) is 2.82. The molecular weight excluding hydrogens is 372 g/mol. The molecule has 164 valence electrons. The van der Waals surface area contributed by atoms with Crippen molar-refractivity contribution < 1.29 is 9.59 Å². The average molecular weight is 409 g/mol. The molecule has 0 aliphatic carbocycles. The maximum atomic E-state index is 12.1. The van der Waals surface area contributed by atoms with E-state index in [-0.39, 0.29) is 23.6 Å². The molecule has 0 aliphatic heterocycles. The van der Waals surface area contributed by atoms with E-state index in [4.69, 9.17) is 0 Å². The number of carbonyl (C=O) groups excluding carboxylic acids is 2. The molecule has 0 saturated carbocycles. The first-order chi connectivity index (χ1) is 14.1. The van der Waals surface area contributed by atoms with Crippen LogP contribution in [0.3, 0.4) is 0 Å². The standard InChI is InChI=1S/C20H36N6O3/c1-3-5-6-9-14-23-19(28)24-17-12-16-26(20(29)25-17)15-11-8-7-10-13-22-18(27)21-4-2/h12,16H,3-11,13-15H2,1-2H3,(H2,21,22,27)(H2,23,24,25,28,29). The summed E-state index contributed by atoms with van der Waals surface area (Å²) < 4.78 is 1.54. The summed E-state index contributed by atoms with van der Waals surface area (Å²) in [5.41, 5.74) is -0.372. The first-order valence-corrected chi connectivity index (χ1v) is 10.7. The molecule has 4 amide bonds. The van der Waals surface area contributed by atoms with E-state index < -0.39 is 0 Å². The highest BCUT2D eigenvalue weighted by Crippen LogP contribution is 2.03. The number of anilines is 1. The lowest BCUT2D eigenvalue weighted by Gasteiger charge is -2.09. The second kappa shape index (κ2) is 15.4. The number of aryl methyl sites for hydroxylation is 1. The lowest BCUT2D eigenvalue weighted by molar-refractivity contribution is 0.241. The predicted molar refractivity (Wildman–Crippen MR) is 115 cm³/mol. The minimum absolute atomic E-state index is 0.135. The van der Waals surface area contributed by atoms with Crippen molar-refractivity contribution in [2.24, 2.45) is 0 Å². The van der Waals surface area contributed by atoms with Gasteiger partial charge in [0.05, 0.1) is 0 Å². The van der Waals surface area contributed by atoms with E-state index in [1.807, 2.05) is 6.92 Å². The molecule has 1 heterocycles. The van der Waals surface area contributed by atoms with Crippen LogP contribution in [0.15, 0.2) is 17.1 Å². The van der Waals surface area contributed by atoms with Crippen molar-refractivity contribution >= 4 is 17.9 Å². The Hall–Kier alpha value is -2.58. The second-order valence-corrected chi connectivity index (χ2v) is 6.93. The number of nitrogens with zero attached hydrogens (tertiary/aromatic N) is 2. The minimum atomic E-state index is -0.372. The first-order valence-electron chi connectivity index (χ1n) is 10.7. The molecule has 0 aliphatic rings. The summed E-state index contributed by atoms with van der Waals surface area (Å²) in [4.78, 5) is 39.1. The van der Waals surface area contributed by atoms with Gasteiger partial charge < -0.3 is 16.0 Å². The molecular formula is C20H36N6O3. The molecule has 0 aromatic carbocycles. The molecule has 1 rings (SSSR count). The van der Waals surface area contributed by atoms with E-state index in [2.05, 4.69) is 33.2 Å². The van der Waals surface area contributed by atoms with E-state index in [1.54, 1.807) is 16.8 Å². The Morgan fingerprint density at radius 2 is 1.55 bits per heavy atom. The maximum absolute atomic E-state index is 12.1. The number of rotatable bonds is 14. The number of carbonyl (C=O) groups is 2. The number of amides is 4. The molecule has 9 heteroatoms. The Bertz CT molecular complexity index is 662. The van der Waals surface area contributed by atoms with Gasteiger partial charge >= 0.3 is 17.8 Å². The Morgan fingerprint density at radius 1 is 0.897 bits per heavy atom. The van der Waals surface area contributed by atoms with Crippen LogP contribution in [0.25, 0.3) is 0 Å². The zero-order chi connectivity index (χ0) is 21.3. The van der Waals surface area contributed by atoms with Gasteiger partial charge in [0.25, 0.3) is 0 Å². The van der Waals surface area contributed by atoms with E-state index in [9.17, 15) is 14.4 Å². The minimum Gasteiger partial charge on any atom is -0.338 e. The molecule has 0 atom stereocenters. The van der Waals surface area contributed by atoms with Crippen molar-refractivity contribution in [1.82, 2.24) is 25.5 Å². The number of hydrogen-bond acceptors (Lipinski definition) is 4. The van der Waals surface area contributed by atoms with Gasteiger partial charge in [-0.15, -0.1) is 0 Å². The zero-order valence-corrected chi connectivity index (χ0v) is 17.8. The lowest BCUT2D eigenvalue weighted by Crippen LogP contribution is -2.35. The van der Waals surface area contributed by atoms with Gasteiger partial charge in [-0.2, -0.15) is 4.98 Å². The number of aromatic nitrogens is 2. The molecule has 4 N–H and O–H groups in total. The van der Waals surface area contributed by atoms with Crippen LogP contribution in [-0.4, -0.2) is 41.2 Å². The number of unbranched alkanes of at least 4 members (excludes halogenated alkanes) is 6. The van der Waals surface area contributed by atoms with Crippen molar-refractivity contribution in [3.8, 4) is 0 Å². The quantitative estimate of drug-likeness (QED) is 0.354. The van der Waals surface area contributed by atoms with Crippen molar-refractivity contribution in [1.29, 1.82) is 0 Å². The molecule has 0 saturated heterocycles. The normalized spacial score (nSPS) is 10.4. The van der Waals surface area contributed by atoms with Crippen LogP contribution in [0, 0.1) is 0 Å². The Balaban J connectivity index is 2.21. The van der Waals surface area contributed by atoms with E-state index in [1.165, 1.54) is 0 Å². The molecule has 29 heavy (non-hydrogen) atoms. The van der Waals surface area contributed by atoms with Gasteiger partial charge in [0.1, 0.15) is 5.82 Å². The Kier molecular flexibility index (Phi) is 13.0. The van der Waals surface area contributed by atoms with Crippen molar-refractivity contribution in [3.63, 3.8) is 0 Å². The Morgan fingerprint density at radius 3 is 2.21 bits per heavy atom. The summed E-state index contributed by atoms with van der Waals surface area (Å²) in [7, 11) is 0. The first kappa shape index (κ1) is 24.5. The van der Waals surface area contributed by atoms with Crippen LogP contribution in [0.1, 0.15) is 65.2 Å². The second-order valence-electron chi connectivity index (χ2n) is 6.93. The molecule has 0 unspecified atom stereocenters. The third-order valence-electron chi connectivity index (χ3n) is 4.38. The van der Waals surface area contributed by atoms with Gasteiger partial charge in [0.2, 0.25) is 0 Å². The SMILES string of the molecule is CCCCCCNC(=O)Nc1ccn(CCCCCCNC(=O)NCC)c(=O)n1. The van der Waals surface area contributed by atoms with Crippen LogP contribution in [0.5, 0.6) is 0 Å². The van der Waals surface area contributed by atoms with Crippen molar-refractivity contribution in [2.75, 3.05) is 25.0 Å². The molecule has 1 aromatic rings. The molecule has 1 aromatic heterocycles. The number of nitrogens with one attached hydrogen (secondary N) is 4. The van der Waals surface area contributed by atoms with Gasteiger partial charge in [-0.3, -0.25) is 9.88 Å². The van der Waals surface area contributed by atoms with Crippen LogP contribution >= 0.6 is 0 Å². The molecule has 0 radical (unpaired) electrons. The van der Waals surface area contributed by atoms with Crippen LogP contribution in [-0.2, 0) is 6.54 Å². The highest BCUT2D eigenvalue weighted by molar-refractivity contribution is 5.87. The van der Waals surface area contributed by atoms with Crippen LogP contribution in [0.2, 0.25) is 0 Å². The van der Waals surface area contributed by atoms with Crippen LogP contribution in [0.4, 0.5) is 15.4 Å². The van der Waals surface area contributed by atoms with E-state index >= 15 is 0 Å². The van der Waals surface area contributed by atoms with Gasteiger partial charge in [0, 0.05) is 32.4 Å². The lowest BCUT2D eigenvalue weighted by atomic mass is 10.2. The van der Waals surface area contributed by atoms with E-state index in [0.717, 1.165) is 51.4 Å². The van der Waals surface area contributed by atoms with Crippen molar-refractivity contribution in [3.05, 3.63) is 22.7 Å². The summed E-state index contributed by atoms with van der Waals surface area (Å²) in [5, 5.41) is 10.8. The smallest absolute Gasteiger partial charge is 0.338 e. The van der Waals surface area contributed by atoms with Gasteiger partial charge in [-0.05, 0) is 32.3 Å². The fourth-order valence-electron chi connectivity index (χ4n) is 2.77. The van der Waals surface area contributed by atoms with Gasteiger partial charge in [0.15, 0.2) is 0 Å². The fraction of sp³-hybridized carbons (Fsp3) is 0.700. The summed E-state index contributed by atoms with van der Waals surface area (Å²) in [6.07, 6.45) is 9.71. The summed E-state index contributed by atoms with van der Waals surface area (Å²) in [6.45, 7) is 6.48. The van der Waals surface area contributed by atoms with Gasteiger partial charge in [-0.1, -0.05) is 39.0 Å². The largest absolute Gasteiger partial charge is 0.349 e. The molecule has 0 spiro atoms. The van der Waals surface area contributed by atoms with E-state index in [0.29, 0.717) is 26.2 Å². The highest BCUT2D eigenvalue weighted by Gasteiger charge is 2.05. The summed E-state index contributed by atoms with van der Waals surface area (Å²) in [5.74, 6) is 0.258. The van der Waals surface area contributed by atoms with Gasteiger partial charge in [-0.25, -0.2) is 14.4 Å². The molecule has 0 fully saturated rings. The fourth-order valence-corrected chi connectivity index (χ4v) is 2.77. The number of urea groups is 2. The summed E-state index contributed by atoms with van der Waals surface area (Å²) >= 11 is 0.